The Morgan fingerprint density at radius 1 is 0.411 bits per heavy atom. The Bertz CT molecular complexity index is 3680. The van der Waals surface area contributed by atoms with E-state index < -0.39 is 12.1 Å². The van der Waals surface area contributed by atoms with E-state index in [0.29, 0.717) is 28.5 Å². The highest BCUT2D eigenvalue weighted by Gasteiger charge is 2.20. The van der Waals surface area contributed by atoms with Gasteiger partial charge in [-0.05, 0) is 59.1 Å². The third-order valence-electron chi connectivity index (χ3n) is 10.2. The van der Waals surface area contributed by atoms with E-state index in [-0.39, 0.29) is 57.8 Å². The molecule has 5 heteroatoms. The van der Waals surface area contributed by atoms with Gasteiger partial charge in [0, 0.05) is 43.8 Å². The third kappa shape index (κ3) is 5.29. The molecule has 0 N–H and O–H groups in total. The van der Waals surface area contributed by atoms with Crippen molar-refractivity contribution in [3.05, 3.63) is 194 Å². The van der Waals surface area contributed by atoms with Gasteiger partial charge in [-0.3, -0.25) is 0 Å². The second-order valence-corrected chi connectivity index (χ2v) is 13.5. The van der Waals surface area contributed by atoms with Crippen LogP contribution in [0.2, 0.25) is 0 Å². The number of para-hydroxylation sites is 5. The van der Waals surface area contributed by atoms with Gasteiger partial charge in [-0.1, -0.05) is 152 Å². The average Bonchev–Trinajstić information content (AvgIpc) is 3.90. The monoisotopic (exact) mass is 723 g/mol. The van der Waals surface area contributed by atoms with Gasteiger partial charge < -0.3 is 8.98 Å². The Morgan fingerprint density at radius 2 is 1.00 bits per heavy atom. The molecule has 3 aromatic heterocycles. The minimum absolute atomic E-state index is 0.0597. The zero-order valence-electron chi connectivity index (χ0n) is 36.6. The van der Waals surface area contributed by atoms with Crippen LogP contribution in [0.4, 0.5) is 0 Å². The topological polar surface area (TPSA) is 56.7 Å². The predicted octanol–water partition coefficient (Wildman–Crippen LogP) is 13.2. The van der Waals surface area contributed by atoms with Crippen LogP contribution in [0.1, 0.15) is 9.60 Å². The first kappa shape index (κ1) is 25.4. The number of furan rings is 1. The lowest BCUT2D eigenvalue weighted by Crippen LogP contribution is -2.03. The fraction of sp³-hybridized carbons (Fsp3) is 0. The molecule has 11 aromatic rings. The molecule has 0 amide bonds. The fourth-order valence-electron chi connectivity index (χ4n) is 7.59. The van der Waals surface area contributed by atoms with Crippen molar-refractivity contribution >= 4 is 43.7 Å². The van der Waals surface area contributed by atoms with Crippen molar-refractivity contribution in [1.82, 2.24) is 19.5 Å². The lowest BCUT2D eigenvalue weighted by Gasteiger charge is -2.15. The molecule has 262 valence electrons. The van der Waals surface area contributed by atoms with Gasteiger partial charge >= 0.3 is 0 Å². The lowest BCUT2D eigenvalue weighted by molar-refractivity contribution is 0.670. The number of fused-ring (bicyclic) bond motifs is 6. The highest BCUT2D eigenvalue weighted by atomic mass is 16.3. The summed E-state index contributed by atoms with van der Waals surface area (Å²) in [5, 5.41) is 2.19. The standard InChI is InChI=1S/C51H32N4O/c1-2-15-33(16-3-1)34-17-12-19-36(31-34)49-52-50(37-20-13-18-35(32-37)38-25-14-26-42-41-23-7-11-30-47(41)56-48(38)42)54-51(53-49)43-24-6-10-29-46(43)55-44-27-8-4-21-39(44)40-22-5-9-28-45(40)55/h1-32H/i4D,5D,8D,21D,22D,27D,28D. The summed E-state index contributed by atoms with van der Waals surface area (Å²) in [6.07, 6.45) is 0. The first-order valence-corrected chi connectivity index (χ1v) is 18.2. The fourth-order valence-corrected chi connectivity index (χ4v) is 7.59. The molecule has 0 fully saturated rings. The van der Waals surface area contributed by atoms with E-state index in [1.54, 1.807) is 16.7 Å². The average molecular weight is 724 g/mol. The summed E-state index contributed by atoms with van der Waals surface area (Å²) in [6, 6.07) is 46.3. The van der Waals surface area contributed by atoms with E-state index in [0.717, 1.165) is 49.8 Å². The van der Waals surface area contributed by atoms with Crippen LogP contribution >= 0.6 is 0 Å². The van der Waals surface area contributed by atoms with Gasteiger partial charge in [-0.2, -0.15) is 0 Å². The SMILES string of the molecule is [2H]c1cc([2H])c2c(c1[2H])c1c([2H])c([2H])c([2H])c([2H])c1n2-c1ccccc1-c1nc(-c2cccc(-c3ccccc3)c2)nc(-c2cccc(-c3cccc4c3oc3ccccc34)c2)n1. The lowest BCUT2D eigenvalue weighted by atomic mass is 10.00. The molecule has 0 radical (unpaired) electrons. The highest BCUT2D eigenvalue weighted by Crippen LogP contribution is 2.39. The van der Waals surface area contributed by atoms with Crippen LogP contribution in [0.5, 0.6) is 0 Å². The van der Waals surface area contributed by atoms with Gasteiger partial charge in [-0.15, -0.1) is 0 Å². The van der Waals surface area contributed by atoms with Crippen LogP contribution in [0, 0.1) is 0 Å². The molecule has 0 aliphatic heterocycles. The zero-order valence-corrected chi connectivity index (χ0v) is 29.6. The summed E-state index contributed by atoms with van der Waals surface area (Å²) >= 11 is 0. The molecule has 0 saturated carbocycles. The molecule has 8 aromatic carbocycles. The van der Waals surface area contributed by atoms with Crippen molar-refractivity contribution in [2.75, 3.05) is 0 Å². The van der Waals surface area contributed by atoms with E-state index in [9.17, 15) is 0 Å². The summed E-state index contributed by atoms with van der Waals surface area (Å²) in [5.41, 5.74) is 7.97. The van der Waals surface area contributed by atoms with E-state index in [2.05, 4.69) is 12.1 Å². The minimum Gasteiger partial charge on any atom is -0.455 e. The van der Waals surface area contributed by atoms with Crippen molar-refractivity contribution in [2.45, 2.75) is 0 Å². The molecular weight excluding hydrogens is 685 g/mol. The van der Waals surface area contributed by atoms with Crippen molar-refractivity contribution in [3.8, 4) is 62.1 Å². The summed E-state index contributed by atoms with van der Waals surface area (Å²) in [6.45, 7) is 0. The smallest absolute Gasteiger partial charge is 0.166 e. The van der Waals surface area contributed by atoms with Gasteiger partial charge in [0.05, 0.1) is 26.3 Å². The van der Waals surface area contributed by atoms with Crippen molar-refractivity contribution in [2.24, 2.45) is 0 Å². The van der Waals surface area contributed by atoms with Crippen molar-refractivity contribution < 1.29 is 14.0 Å². The Morgan fingerprint density at radius 3 is 1.86 bits per heavy atom. The van der Waals surface area contributed by atoms with Gasteiger partial charge in [0.1, 0.15) is 11.2 Å². The normalized spacial score (nSPS) is 13.3. The molecule has 0 saturated heterocycles. The van der Waals surface area contributed by atoms with Crippen LogP contribution in [-0.2, 0) is 0 Å². The molecule has 0 aliphatic rings. The van der Waals surface area contributed by atoms with Gasteiger partial charge in [0.2, 0.25) is 0 Å². The minimum atomic E-state index is -0.468. The summed E-state index contributed by atoms with van der Waals surface area (Å²) in [4.78, 5) is 15.4. The number of hydrogen-bond donors (Lipinski definition) is 0. The van der Waals surface area contributed by atoms with Crippen LogP contribution < -0.4 is 0 Å². The molecule has 0 unspecified atom stereocenters. The largest absolute Gasteiger partial charge is 0.455 e. The molecular formula is C51H32N4O. The maximum atomic E-state index is 9.15. The second kappa shape index (κ2) is 13.0. The molecule has 56 heavy (non-hydrogen) atoms. The molecule has 0 atom stereocenters. The quantitative estimate of drug-likeness (QED) is 0.171. The maximum Gasteiger partial charge on any atom is 0.166 e. The number of aromatic nitrogens is 4. The number of benzene rings is 8. The van der Waals surface area contributed by atoms with E-state index in [1.807, 2.05) is 121 Å². The molecule has 3 heterocycles. The highest BCUT2D eigenvalue weighted by molar-refractivity contribution is 6.10. The van der Waals surface area contributed by atoms with Crippen LogP contribution in [-0.4, -0.2) is 19.5 Å². The summed E-state index contributed by atoms with van der Waals surface area (Å²) in [7, 11) is 0. The second-order valence-electron chi connectivity index (χ2n) is 13.5. The van der Waals surface area contributed by atoms with Crippen LogP contribution in [0.15, 0.2) is 198 Å². The maximum absolute atomic E-state index is 9.15. The number of rotatable bonds is 6. The molecule has 5 nitrogen and oxygen atoms in total. The van der Waals surface area contributed by atoms with Crippen LogP contribution in [0.25, 0.3) is 106 Å². The Hall–Kier alpha value is -7.63. The van der Waals surface area contributed by atoms with E-state index >= 15 is 0 Å². The van der Waals surface area contributed by atoms with E-state index in [1.165, 1.54) is 6.07 Å². The molecule has 0 aliphatic carbocycles. The van der Waals surface area contributed by atoms with Gasteiger partial charge in [0.15, 0.2) is 17.5 Å². The zero-order chi connectivity index (χ0) is 43.1. The summed E-state index contributed by atoms with van der Waals surface area (Å²) in [5.74, 6) is 1.04. The predicted molar refractivity (Wildman–Crippen MR) is 229 cm³/mol. The number of hydrogen-bond acceptors (Lipinski definition) is 4. The van der Waals surface area contributed by atoms with Gasteiger partial charge in [0.25, 0.3) is 0 Å². The number of nitrogens with zero attached hydrogens (tertiary/aromatic N) is 4. The van der Waals surface area contributed by atoms with E-state index in [4.69, 9.17) is 29.0 Å². The first-order valence-electron chi connectivity index (χ1n) is 21.7. The third-order valence-corrected chi connectivity index (χ3v) is 10.2. The van der Waals surface area contributed by atoms with Crippen molar-refractivity contribution in [3.63, 3.8) is 0 Å². The Labute approximate surface area is 332 Å². The Balaban J connectivity index is 1.17. The summed E-state index contributed by atoms with van der Waals surface area (Å²) < 4.78 is 69.9. The van der Waals surface area contributed by atoms with Crippen molar-refractivity contribution in [1.29, 1.82) is 0 Å². The first-order chi connectivity index (χ1) is 30.7. The van der Waals surface area contributed by atoms with Gasteiger partial charge in [-0.25, -0.2) is 15.0 Å². The Kier molecular flexibility index (Phi) is 5.92. The molecule has 0 spiro atoms. The van der Waals surface area contributed by atoms with Crippen LogP contribution in [0.3, 0.4) is 0 Å². The molecule has 0 bridgehead atoms. The molecule has 11 rings (SSSR count).